The molecule has 9 heteroatoms. The number of hydrogen-bond donors (Lipinski definition) is 0. The van der Waals surface area contributed by atoms with Gasteiger partial charge in [-0.1, -0.05) is 0 Å². The Bertz CT molecular complexity index is 738. The summed E-state index contributed by atoms with van der Waals surface area (Å²) < 4.78 is 34.6. The van der Waals surface area contributed by atoms with Crippen LogP contribution in [0.2, 0.25) is 5.28 Å². The number of rotatable bonds is 2. The number of ether oxygens (including phenoxy) is 2. The Balaban J connectivity index is 2.20. The van der Waals surface area contributed by atoms with Gasteiger partial charge in [0.2, 0.25) is 5.28 Å². The summed E-state index contributed by atoms with van der Waals surface area (Å²) in [6.45, 7) is 6.73. The molecule has 0 aliphatic carbocycles. The Hall–Kier alpha value is -1.12. The van der Waals surface area contributed by atoms with Gasteiger partial charge in [-0.25, -0.2) is 13.4 Å². The van der Waals surface area contributed by atoms with Gasteiger partial charge in [0.05, 0.1) is 25.3 Å². The van der Waals surface area contributed by atoms with Gasteiger partial charge in [0.25, 0.3) is 0 Å². The smallest absolute Gasteiger partial charge is 0.224 e. The third kappa shape index (κ3) is 2.66. The largest absolute Gasteiger partial charge is 0.486 e. The molecular formula is C14H20ClN3O4S. The van der Waals surface area contributed by atoms with E-state index in [-0.39, 0.29) is 17.4 Å². The predicted molar refractivity (Wildman–Crippen MR) is 87.0 cm³/mol. The molecule has 0 amide bonds. The number of halogens is 1. The van der Waals surface area contributed by atoms with E-state index in [0.717, 1.165) is 0 Å². The van der Waals surface area contributed by atoms with E-state index in [1.165, 1.54) is 6.26 Å². The lowest BCUT2D eigenvalue weighted by atomic mass is 10.0. The molecule has 1 aromatic rings. The van der Waals surface area contributed by atoms with Gasteiger partial charge in [-0.3, -0.25) is 0 Å². The van der Waals surface area contributed by atoms with Gasteiger partial charge in [-0.2, -0.15) is 4.98 Å². The fourth-order valence-electron chi connectivity index (χ4n) is 2.89. The maximum atomic E-state index is 12.2. The van der Waals surface area contributed by atoms with E-state index in [0.29, 0.717) is 37.1 Å². The van der Waals surface area contributed by atoms with Crippen LogP contribution in [-0.2, 0) is 19.3 Å². The molecule has 23 heavy (non-hydrogen) atoms. The monoisotopic (exact) mass is 361 g/mol. The maximum Gasteiger partial charge on any atom is 0.224 e. The number of morpholine rings is 1. The molecule has 1 aromatic heterocycles. The van der Waals surface area contributed by atoms with Crippen molar-refractivity contribution < 1.29 is 17.9 Å². The van der Waals surface area contributed by atoms with E-state index < -0.39 is 14.6 Å². The lowest BCUT2D eigenvalue weighted by Crippen LogP contribution is -2.56. The van der Waals surface area contributed by atoms with Crippen LogP contribution in [0, 0.1) is 0 Å². The first-order chi connectivity index (χ1) is 10.6. The molecule has 0 N–H and O–H groups in total. The molecule has 0 aromatic carbocycles. The topological polar surface area (TPSA) is 81.6 Å². The van der Waals surface area contributed by atoms with Gasteiger partial charge >= 0.3 is 0 Å². The second kappa shape index (κ2) is 5.46. The first kappa shape index (κ1) is 16.7. The second-order valence-corrected chi connectivity index (χ2v) is 9.44. The van der Waals surface area contributed by atoms with Gasteiger partial charge in [-0.15, -0.1) is 0 Å². The Labute approximate surface area is 140 Å². The van der Waals surface area contributed by atoms with E-state index >= 15 is 0 Å². The molecule has 2 aliphatic rings. The molecule has 0 saturated carbocycles. The Morgan fingerprint density at radius 1 is 1.26 bits per heavy atom. The van der Waals surface area contributed by atoms with Crippen molar-refractivity contribution in [1.82, 2.24) is 9.97 Å². The molecule has 0 radical (unpaired) electrons. The fraction of sp³-hybridized carbons (Fsp3) is 0.714. The van der Waals surface area contributed by atoms with Crippen molar-refractivity contribution in [2.75, 3.05) is 31.0 Å². The van der Waals surface area contributed by atoms with Gasteiger partial charge in [-0.05, 0) is 32.4 Å². The zero-order valence-electron chi connectivity index (χ0n) is 13.5. The second-order valence-electron chi connectivity index (χ2n) is 6.54. The minimum Gasteiger partial charge on any atom is -0.486 e. The zero-order chi connectivity index (χ0) is 17.0. The highest BCUT2D eigenvalue weighted by Gasteiger charge is 2.43. The van der Waals surface area contributed by atoms with Gasteiger partial charge in [0.1, 0.15) is 17.0 Å². The lowest BCUT2D eigenvalue weighted by molar-refractivity contribution is 0.0482. The van der Waals surface area contributed by atoms with Gasteiger partial charge < -0.3 is 14.4 Å². The summed E-state index contributed by atoms with van der Waals surface area (Å²) in [5.41, 5.74) is 0.298. The van der Waals surface area contributed by atoms with E-state index in [9.17, 15) is 8.42 Å². The van der Waals surface area contributed by atoms with Crippen molar-refractivity contribution in [2.45, 2.75) is 37.6 Å². The van der Waals surface area contributed by atoms with Gasteiger partial charge in [0.15, 0.2) is 21.4 Å². The molecular weight excluding hydrogens is 342 g/mol. The minimum absolute atomic E-state index is 0.0124. The summed E-state index contributed by atoms with van der Waals surface area (Å²) in [5, 5.41) is 0.0124. The Morgan fingerprint density at radius 3 is 2.61 bits per heavy atom. The highest BCUT2D eigenvalue weighted by molar-refractivity contribution is 7.91. The maximum absolute atomic E-state index is 12.2. The molecule has 7 nitrogen and oxygen atoms in total. The molecule has 1 fully saturated rings. The first-order valence-corrected chi connectivity index (χ1v) is 9.66. The van der Waals surface area contributed by atoms with Crippen molar-refractivity contribution >= 4 is 27.3 Å². The number of aromatic nitrogens is 2. The van der Waals surface area contributed by atoms with E-state index in [4.69, 9.17) is 21.1 Å². The van der Waals surface area contributed by atoms with Crippen LogP contribution in [0.15, 0.2) is 0 Å². The molecule has 0 bridgehead atoms. The average molecular weight is 362 g/mol. The van der Waals surface area contributed by atoms with Crippen molar-refractivity contribution in [3.63, 3.8) is 0 Å². The Kier molecular flexibility index (Phi) is 3.97. The van der Waals surface area contributed by atoms with Crippen LogP contribution < -0.4 is 9.64 Å². The van der Waals surface area contributed by atoms with Crippen molar-refractivity contribution in [3.8, 4) is 5.75 Å². The number of fused-ring (bicyclic) bond motifs is 3. The van der Waals surface area contributed by atoms with Crippen molar-refractivity contribution in [1.29, 1.82) is 0 Å². The van der Waals surface area contributed by atoms with E-state index in [1.54, 1.807) is 13.8 Å². The summed E-state index contributed by atoms with van der Waals surface area (Å²) in [6, 6.07) is 0.128. The van der Waals surface area contributed by atoms with Crippen LogP contribution in [0.4, 0.5) is 5.82 Å². The summed E-state index contributed by atoms with van der Waals surface area (Å²) >= 11 is 6.09. The fourth-order valence-corrected chi connectivity index (χ4v) is 3.54. The van der Waals surface area contributed by atoms with Crippen LogP contribution in [0.1, 0.15) is 26.5 Å². The quantitative estimate of drug-likeness (QED) is 0.736. The average Bonchev–Trinajstić information content (AvgIpc) is 2.44. The molecule has 0 spiro atoms. The third-order valence-electron chi connectivity index (χ3n) is 4.52. The van der Waals surface area contributed by atoms with E-state index in [1.807, 2.05) is 6.92 Å². The van der Waals surface area contributed by atoms with Crippen LogP contribution >= 0.6 is 11.6 Å². The first-order valence-electron chi connectivity index (χ1n) is 7.39. The molecule has 3 heterocycles. The Morgan fingerprint density at radius 2 is 1.96 bits per heavy atom. The highest BCUT2D eigenvalue weighted by atomic mass is 35.5. The van der Waals surface area contributed by atoms with Crippen LogP contribution in [-0.4, -0.2) is 56.5 Å². The van der Waals surface area contributed by atoms with Crippen LogP contribution in [0.25, 0.3) is 0 Å². The van der Waals surface area contributed by atoms with Gasteiger partial charge in [0, 0.05) is 6.26 Å². The standard InChI is InChI=1S/C14H20ClN3O4S/c1-8-5-21-6-9-7-22-10-11(14(2,3)23(4,19)20)16-13(15)17-12(10)18(8)9/h8-9H,5-7H2,1-4H3. The highest BCUT2D eigenvalue weighted by Crippen LogP contribution is 2.43. The molecule has 128 valence electrons. The lowest BCUT2D eigenvalue weighted by Gasteiger charge is -2.45. The third-order valence-corrected chi connectivity index (χ3v) is 6.74. The van der Waals surface area contributed by atoms with Crippen LogP contribution in [0.5, 0.6) is 5.75 Å². The normalized spacial score (nSPS) is 24.7. The number of sulfone groups is 1. The van der Waals surface area contributed by atoms with Crippen molar-refractivity contribution in [2.24, 2.45) is 0 Å². The molecule has 1 saturated heterocycles. The summed E-state index contributed by atoms with van der Waals surface area (Å²) in [4.78, 5) is 10.6. The number of nitrogens with zero attached hydrogens (tertiary/aromatic N) is 3. The van der Waals surface area contributed by atoms with E-state index in [2.05, 4.69) is 14.9 Å². The summed E-state index contributed by atoms with van der Waals surface area (Å²) in [5.74, 6) is 0.943. The minimum atomic E-state index is -3.42. The molecule has 2 unspecified atom stereocenters. The summed E-state index contributed by atoms with van der Waals surface area (Å²) in [6.07, 6.45) is 1.18. The zero-order valence-corrected chi connectivity index (χ0v) is 15.1. The number of anilines is 1. The molecule has 2 atom stereocenters. The summed E-state index contributed by atoms with van der Waals surface area (Å²) in [7, 11) is -3.42. The van der Waals surface area contributed by atoms with Crippen molar-refractivity contribution in [3.05, 3.63) is 11.0 Å². The number of hydrogen-bond acceptors (Lipinski definition) is 7. The SMILES string of the molecule is CC1COCC2COc3c(nc(Cl)nc3C(C)(C)S(C)(=O)=O)N12. The molecule has 3 rings (SSSR count). The molecule has 2 aliphatic heterocycles. The van der Waals surface area contributed by atoms with Crippen LogP contribution in [0.3, 0.4) is 0 Å². The predicted octanol–water partition coefficient (Wildman–Crippen LogP) is 1.40.